The smallest absolute Gasteiger partial charge is 0.168 e. The molecule has 0 aliphatic heterocycles. The Hall–Kier alpha value is -0.630. The summed E-state index contributed by atoms with van der Waals surface area (Å²) >= 11 is 0. The van der Waals surface area contributed by atoms with E-state index in [0.717, 1.165) is 18.4 Å². The maximum Gasteiger partial charge on any atom is 0.168 e. The summed E-state index contributed by atoms with van der Waals surface area (Å²) in [6.45, 7) is 12.1. The first-order chi connectivity index (χ1) is 6.52. The van der Waals surface area contributed by atoms with Crippen molar-refractivity contribution in [3.8, 4) is 0 Å². The Kier molecular flexibility index (Phi) is 5.70. The number of ether oxygens (including phenoxy) is 1. The number of ketones is 1. The molecule has 0 atom stereocenters. The molecule has 0 amide bonds. The third-order valence-electron chi connectivity index (χ3n) is 2.53. The average Bonchev–Trinajstić information content (AvgIpc) is 2.13. The molecule has 0 fully saturated rings. The van der Waals surface area contributed by atoms with Gasteiger partial charge in [0.15, 0.2) is 5.78 Å². The highest BCUT2D eigenvalue weighted by Crippen LogP contribution is 2.24. The van der Waals surface area contributed by atoms with E-state index in [1.54, 1.807) is 0 Å². The molecule has 0 bridgehead atoms. The lowest BCUT2D eigenvalue weighted by Gasteiger charge is -2.30. The number of rotatable bonds is 7. The van der Waals surface area contributed by atoms with Gasteiger partial charge >= 0.3 is 0 Å². The van der Waals surface area contributed by atoms with Gasteiger partial charge in [-0.15, -0.1) is 0 Å². The third kappa shape index (κ3) is 3.26. The van der Waals surface area contributed by atoms with Crippen LogP contribution in [-0.4, -0.2) is 18.0 Å². The van der Waals surface area contributed by atoms with Gasteiger partial charge in [-0.05, 0) is 26.7 Å². The molecule has 0 saturated carbocycles. The van der Waals surface area contributed by atoms with Crippen LogP contribution in [0, 0.1) is 0 Å². The van der Waals surface area contributed by atoms with Crippen LogP contribution < -0.4 is 0 Å². The summed E-state index contributed by atoms with van der Waals surface area (Å²) < 4.78 is 5.60. The molecule has 0 heterocycles. The molecule has 2 nitrogen and oxygen atoms in total. The van der Waals surface area contributed by atoms with Crippen molar-refractivity contribution >= 4 is 5.78 Å². The van der Waals surface area contributed by atoms with Crippen LogP contribution in [0.15, 0.2) is 12.2 Å². The molecule has 0 aromatic carbocycles. The zero-order valence-electron chi connectivity index (χ0n) is 9.85. The Morgan fingerprint density at radius 3 is 2.07 bits per heavy atom. The van der Waals surface area contributed by atoms with E-state index in [1.165, 1.54) is 0 Å². The van der Waals surface area contributed by atoms with Crippen molar-refractivity contribution in [3.05, 3.63) is 12.2 Å². The van der Waals surface area contributed by atoms with Crippen LogP contribution >= 0.6 is 0 Å². The number of hydrogen-bond donors (Lipinski definition) is 0. The van der Waals surface area contributed by atoms with Gasteiger partial charge in [0.2, 0.25) is 0 Å². The summed E-state index contributed by atoms with van der Waals surface area (Å²) in [4.78, 5) is 11.9. The molecule has 0 unspecified atom stereocenters. The fourth-order valence-electron chi connectivity index (χ4n) is 1.64. The largest absolute Gasteiger partial charge is 0.368 e. The van der Waals surface area contributed by atoms with Crippen molar-refractivity contribution in [3.63, 3.8) is 0 Å². The van der Waals surface area contributed by atoms with Gasteiger partial charge < -0.3 is 4.74 Å². The predicted molar refractivity (Wildman–Crippen MR) is 59.4 cm³/mol. The molecule has 2 heteroatoms. The summed E-state index contributed by atoms with van der Waals surface area (Å²) in [7, 11) is 0. The van der Waals surface area contributed by atoms with Gasteiger partial charge in [-0.25, -0.2) is 0 Å². The van der Waals surface area contributed by atoms with Gasteiger partial charge in [0.05, 0.1) is 0 Å². The maximum atomic E-state index is 11.9. The van der Waals surface area contributed by atoms with E-state index in [2.05, 4.69) is 6.58 Å². The molecular weight excluding hydrogens is 176 g/mol. The summed E-state index contributed by atoms with van der Waals surface area (Å²) in [5.74, 6) is 0.164. The second-order valence-electron chi connectivity index (χ2n) is 3.69. The third-order valence-corrected chi connectivity index (χ3v) is 2.53. The Bertz CT molecular complexity index is 202. The van der Waals surface area contributed by atoms with Crippen LogP contribution in [0.2, 0.25) is 0 Å². The molecule has 0 aromatic rings. The quantitative estimate of drug-likeness (QED) is 0.587. The first-order valence-corrected chi connectivity index (χ1v) is 5.34. The van der Waals surface area contributed by atoms with Crippen LogP contribution in [0.3, 0.4) is 0 Å². The zero-order valence-corrected chi connectivity index (χ0v) is 9.85. The molecule has 0 aliphatic carbocycles. The summed E-state index contributed by atoms with van der Waals surface area (Å²) in [5, 5.41) is 0. The minimum absolute atomic E-state index is 0.164. The first-order valence-electron chi connectivity index (χ1n) is 5.34. The van der Waals surface area contributed by atoms with E-state index in [0.29, 0.717) is 13.0 Å². The standard InChI is InChI=1S/C12H22O2/c1-6-12(7-2,14-8-3)11(13)9-10(4)5/h4,6-9H2,1-3,5H3. The van der Waals surface area contributed by atoms with Crippen molar-refractivity contribution < 1.29 is 9.53 Å². The summed E-state index contributed by atoms with van der Waals surface area (Å²) in [5.41, 5.74) is 0.328. The van der Waals surface area contributed by atoms with E-state index >= 15 is 0 Å². The minimum Gasteiger partial charge on any atom is -0.368 e. The van der Waals surface area contributed by atoms with Gasteiger partial charge in [0.25, 0.3) is 0 Å². The molecule has 0 aromatic heterocycles. The topological polar surface area (TPSA) is 26.3 Å². The number of hydrogen-bond acceptors (Lipinski definition) is 2. The Labute approximate surface area is 87.3 Å². The molecule has 0 rings (SSSR count). The number of Topliss-reactive ketones (excluding diaryl/α,β-unsaturated/α-hetero) is 1. The van der Waals surface area contributed by atoms with Crippen molar-refractivity contribution in [2.75, 3.05) is 6.61 Å². The summed E-state index contributed by atoms with van der Waals surface area (Å²) in [6, 6.07) is 0. The van der Waals surface area contributed by atoms with Crippen LogP contribution in [0.25, 0.3) is 0 Å². The van der Waals surface area contributed by atoms with Crippen molar-refractivity contribution in [1.29, 1.82) is 0 Å². The van der Waals surface area contributed by atoms with E-state index in [9.17, 15) is 4.79 Å². The van der Waals surface area contributed by atoms with Crippen molar-refractivity contribution in [1.82, 2.24) is 0 Å². The van der Waals surface area contributed by atoms with Crippen LogP contribution in [0.4, 0.5) is 0 Å². The second-order valence-corrected chi connectivity index (χ2v) is 3.69. The Morgan fingerprint density at radius 2 is 1.79 bits per heavy atom. The fourth-order valence-corrected chi connectivity index (χ4v) is 1.64. The van der Waals surface area contributed by atoms with Gasteiger partial charge in [-0.2, -0.15) is 0 Å². The van der Waals surface area contributed by atoms with Crippen LogP contribution in [0.5, 0.6) is 0 Å². The Morgan fingerprint density at radius 1 is 1.29 bits per heavy atom. The normalized spacial score (nSPS) is 11.4. The lowest BCUT2D eigenvalue weighted by atomic mass is 9.88. The van der Waals surface area contributed by atoms with E-state index < -0.39 is 5.60 Å². The van der Waals surface area contributed by atoms with Crippen molar-refractivity contribution in [2.45, 2.75) is 52.6 Å². The molecule has 14 heavy (non-hydrogen) atoms. The first kappa shape index (κ1) is 13.4. The average molecular weight is 198 g/mol. The predicted octanol–water partition coefficient (Wildman–Crippen LogP) is 3.12. The summed E-state index contributed by atoms with van der Waals surface area (Å²) in [6.07, 6.45) is 1.91. The van der Waals surface area contributed by atoms with Gasteiger partial charge in [-0.3, -0.25) is 4.79 Å². The van der Waals surface area contributed by atoms with Crippen molar-refractivity contribution in [2.24, 2.45) is 0 Å². The fraction of sp³-hybridized carbons (Fsp3) is 0.750. The van der Waals surface area contributed by atoms with Crippen LogP contribution in [-0.2, 0) is 9.53 Å². The van der Waals surface area contributed by atoms with E-state index in [-0.39, 0.29) is 5.78 Å². The van der Waals surface area contributed by atoms with Crippen LogP contribution in [0.1, 0.15) is 47.0 Å². The SMILES string of the molecule is C=C(C)CC(=O)C(CC)(CC)OCC. The molecule has 0 aliphatic rings. The van der Waals surface area contributed by atoms with Gasteiger partial charge in [0, 0.05) is 13.0 Å². The highest BCUT2D eigenvalue weighted by atomic mass is 16.5. The molecule has 0 saturated heterocycles. The number of carbonyl (C=O) groups is 1. The highest BCUT2D eigenvalue weighted by Gasteiger charge is 2.34. The van der Waals surface area contributed by atoms with E-state index in [1.807, 2.05) is 27.7 Å². The van der Waals surface area contributed by atoms with E-state index in [4.69, 9.17) is 4.74 Å². The molecule has 0 radical (unpaired) electrons. The second kappa shape index (κ2) is 5.97. The monoisotopic (exact) mass is 198 g/mol. The molecule has 0 N–H and O–H groups in total. The molecule has 0 spiro atoms. The maximum absolute atomic E-state index is 11.9. The zero-order chi connectivity index (χ0) is 11.2. The Balaban J connectivity index is 4.61. The number of carbonyl (C=O) groups excluding carboxylic acids is 1. The molecular formula is C12H22O2. The minimum atomic E-state index is -0.576. The lowest BCUT2D eigenvalue weighted by molar-refractivity contribution is -0.144. The number of allylic oxidation sites excluding steroid dienone is 1. The van der Waals surface area contributed by atoms with Gasteiger partial charge in [-0.1, -0.05) is 26.0 Å². The molecule has 82 valence electrons. The van der Waals surface area contributed by atoms with Gasteiger partial charge in [0.1, 0.15) is 5.60 Å². The lowest BCUT2D eigenvalue weighted by Crippen LogP contribution is -2.40. The highest BCUT2D eigenvalue weighted by molar-refractivity contribution is 5.89.